The first kappa shape index (κ1) is 17.2. The monoisotopic (exact) mass is 436 g/mol. The lowest BCUT2D eigenvalue weighted by Gasteiger charge is -2.11. The van der Waals surface area contributed by atoms with Crippen molar-refractivity contribution in [2.75, 3.05) is 0 Å². The predicted molar refractivity (Wildman–Crippen MR) is 93.9 cm³/mol. The van der Waals surface area contributed by atoms with Gasteiger partial charge in [-0.2, -0.15) is 5.26 Å². The van der Waals surface area contributed by atoms with E-state index in [1.807, 2.05) is 18.2 Å². The zero-order valence-corrected chi connectivity index (χ0v) is 14.9. The summed E-state index contributed by atoms with van der Waals surface area (Å²) in [5.41, 5.74) is 1.72. The van der Waals surface area contributed by atoms with E-state index in [-0.39, 0.29) is 12.3 Å². The van der Waals surface area contributed by atoms with Crippen molar-refractivity contribution < 1.29 is 9.66 Å². The minimum absolute atomic E-state index is 0.0461. The summed E-state index contributed by atoms with van der Waals surface area (Å²) in [5, 5.41) is 19.2. The van der Waals surface area contributed by atoms with E-state index in [1.54, 1.807) is 18.2 Å². The standard InChI is InChI=1S/C16H10Br2N2O3/c17-14-8-12(2-1-7-19)9-15(18)16(14)23-10-11-3-5-13(6-4-11)20(21)22/h1-6,8-9H,10H2/b2-1+. The van der Waals surface area contributed by atoms with Crippen LogP contribution in [0.2, 0.25) is 0 Å². The van der Waals surface area contributed by atoms with Crippen LogP contribution in [0.4, 0.5) is 5.69 Å². The summed E-state index contributed by atoms with van der Waals surface area (Å²) in [6.45, 7) is 0.280. The molecular weight excluding hydrogens is 428 g/mol. The van der Waals surface area contributed by atoms with Crippen LogP contribution in [0, 0.1) is 21.4 Å². The number of hydrogen-bond acceptors (Lipinski definition) is 4. The van der Waals surface area contributed by atoms with E-state index in [4.69, 9.17) is 10.00 Å². The molecule has 0 saturated carbocycles. The van der Waals surface area contributed by atoms with Crippen molar-refractivity contribution in [2.24, 2.45) is 0 Å². The molecule has 0 bridgehead atoms. The van der Waals surface area contributed by atoms with E-state index >= 15 is 0 Å². The summed E-state index contributed by atoms with van der Waals surface area (Å²) in [6, 6.07) is 11.8. The number of allylic oxidation sites excluding steroid dienone is 1. The summed E-state index contributed by atoms with van der Waals surface area (Å²) in [6.07, 6.45) is 3.08. The van der Waals surface area contributed by atoms with Crippen LogP contribution in [0.1, 0.15) is 11.1 Å². The molecule has 0 aliphatic rings. The second-order valence-corrected chi connectivity index (χ2v) is 6.20. The van der Waals surface area contributed by atoms with Gasteiger partial charge >= 0.3 is 0 Å². The Kier molecular flexibility index (Phi) is 5.90. The lowest BCUT2D eigenvalue weighted by molar-refractivity contribution is -0.384. The summed E-state index contributed by atoms with van der Waals surface area (Å²) >= 11 is 6.87. The van der Waals surface area contributed by atoms with Gasteiger partial charge in [-0.05, 0) is 73.3 Å². The lowest BCUT2D eigenvalue weighted by atomic mass is 10.2. The quantitative estimate of drug-likeness (QED) is 0.364. The molecule has 7 heteroatoms. The topological polar surface area (TPSA) is 76.2 Å². The highest BCUT2D eigenvalue weighted by atomic mass is 79.9. The molecule has 0 aliphatic carbocycles. The number of halogens is 2. The van der Waals surface area contributed by atoms with Crippen LogP contribution in [0.15, 0.2) is 51.4 Å². The van der Waals surface area contributed by atoms with Gasteiger partial charge in [0.25, 0.3) is 5.69 Å². The molecule has 0 amide bonds. The minimum Gasteiger partial charge on any atom is -0.487 e. The van der Waals surface area contributed by atoms with Crippen LogP contribution >= 0.6 is 31.9 Å². The van der Waals surface area contributed by atoms with Crippen LogP contribution in [0.25, 0.3) is 6.08 Å². The molecule has 0 aliphatic heterocycles. The van der Waals surface area contributed by atoms with Gasteiger partial charge in [-0.15, -0.1) is 0 Å². The van der Waals surface area contributed by atoms with Crippen LogP contribution < -0.4 is 4.74 Å². The van der Waals surface area contributed by atoms with Crippen LogP contribution in [-0.2, 0) is 6.61 Å². The largest absolute Gasteiger partial charge is 0.487 e. The first-order chi connectivity index (χ1) is 11.0. The van der Waals surface area contributed by atoms with Crippen molar-refractivity contribution in [3.8, 4) is 11.8 Å². The molecule has 0 radical (unpaired) electrons. The van der Waals surface area contributed by atoms with Gasteiger partial charge in [-0.3, -0.25) is 10.1 Å². The van der Waals surface area contributed by atoms with E-state index < -0.39 is 4.92 Å². The van der Waals surface area contributed by atoms with Crippen molar-refractivity contribution in [1.82, 2.24) is 0 Å². The molecule has 0 heterocycles. The third-order valence-corrected chi connectivity index (χ3v) is 4.08. The molecule has 0 aromatic heterocycles. The maximum atomic E-state index is 10.6. The van der Waals surface area contributed by atoms with Crippen molar-refractivity contribution >= 4 is 43.6 Å². The molecule has 2 aromatic rings. The molecule has 0 fully saturated rings. The summed E-state index contributed by atoms with van der Waals surface area (Å²) in [7, 11) is 0. The zero-order chi connectivity index (χ0) is 16.8. The van der Waals surface area contributed by atoms with Gasteiger partial charge in [0.1, 0.15) is 12.4 Å². The Bertz CT molecular complexity index is 773. The minimum atomic E-state index is -0.439. The molecule has 2 rings (SSSR count). The first-order valence-electron chi connectivity index (χ1n) is 6.42. The third kappa shape index (κ3) is 4.65. The number of ether oxygens (including phenoxy) is 1. The van der Waals surface area contributed by atoms with Crippen LogP contribution in [0.3, 0.4) is 0 Å². The van der Waals surface area contributed by atoms with E-state index in [2.05, 4.69) is 31.9 Å². The smallest absolute Gasteiger partial charge is 0.269 e. The highest BCUT2D eigenvalue weighted by molar-refractivity contribution is 9.11. The average Bonchev–Trinajstić information content (AvgIpc) is 2.52. The zero-order valence-electron chi connectivity index (χ0n) is 11.7. The Balaban J connectivity index is 2.13. The number of rotatable bonds is 5. The number of nitro benzene ring substituents is 1. The van der Waals surface area contributed by atoms with E-state index in [1.165, 1.54) is 18.2 Å². The molecule has 0 N–H and O–H groups in total. The van der Waals surface area contributed by atoms with Gasteiger partial charge < -0.3 is 4.74 Å². The number of benzene rings is 2. The second-order valence-electron chi connectivity index (χ2n) is 4.49. The second kappa shape index (κ2) is 7.90. The van der Waals surface area contributed by atoms with Gasteiger partial charge in [0.15, 0.2) is 0 Å². The van der Waals surface area contributed by atoms with Gasteiger partial charge in [-0.1, -0.05) is 0 Å². The fourth-order valence-corrected chi connectivity index (χ4v) is 3.27. The number of non-ortho nitro benzene ring substituents is 1. The molecule has 23 heavy (non-hydrogen) atoms. The highest BCUT2D eigenvalue weighted by Gasteiger charge is 2.09. The Labute approximate surface area is 149 Å². The fraction of sp³-hybridized carbons (Fsp3) is 0.0625. The fourth-order valence-electron chi connectivity index (χ4n) is 1.82. The van der Waals surface area contributed by atoms with Crippen LogP contribution in [0.5, 0.6) is 5.75 Å². The lowest BCUT2D eigenvalue weighted by Crippen LogP contribution is -1.98. The van der Waals surface area contributed by atoms with Gasteiger partial charge in [0, 0.05) is 18.2 Å². The Morgan fingerprint density at radius 1 is 1.22 bits per heavy atom. The van der Waals surface area contributed by atoms with Gasteiger partial charge in [-0.25, -0.2) is 0 Å². The van der Waals surface area contributed by atoms with E-state index in [0.717, 1.165) is 20.1 Å². The van der Waals surface area contributed by atoms with Gasteiger partial charge in [0.2, 0.25) is 0 Å². The summed E-state index contributed by atoms with van der Waals surface area (Å²) in [5.74, 6) is 0.623. The van der Waals surface area contributed by atoms with Crippen molar-refractivity contribution in [2.45, 2.75) is 6.61 Å². The van der Waals surface area contributed by atoms with E-state index in [9.17, 15) is 10.1 Å². The maximum Gasteiger partial charge on any atom is 0.269 e. The highest BCUT2D eigenvalue weighted by Crippen LogP contribution is 2.35. The maximum absolute atomic E-state index is 10.6. The molecule has 5 nitrogen and oxygen atoms in total. The van der Waals surface area contributed by atoms with Crippen LogP contribution in [-0.4, -0.2) is 4.92 Å². The summed E-state index contributed by atoms with van der Waals surface area (Å²) in [4.78, 5) is 10.2. The first-order valence-corrected chi connectivity index (χ1v) is 8.01. The molecule has 0 atom stereocenters. The number of hydrogen-bond donors (Lipinski definition) is 0. The Morgan fingerprint density at radius 2 is 1.83 bits per heavy atom. The molecular formula is C16H10Br2N2O3. The number of nitriles is 1. The average molecular weight is 438 g/mol. The number of nitrogens with zero attached hydrogens (tertiary/aromatic N) is 2. The number of nitro groups is 1. The molecule has 0 spiro atoms. The Hall–Kier alpha value is -2.17. The predicted octanol–water partition coefficient (Wildman–Crippen LogP) is 5.24. The normalized spacial score (nSPS) is 10.5. The van der Waals surface area contributed by atoms with Crippen molar-refractivity contribution in [3.63, 3.8) is 0 Å². The molecule has 0 saturated heterocycles. The SMILES string of the molecule is N#C/C=C/c1cc(Br)c(OCc2ccc([N+](=O)[O-])cc2)c(Br)c1. The molecule has 116 valence electrons. The van der Waals surface area contributed by atoms with E-state index in [0.29, 0.717) is 5.75 Å². The Morgan fingerprint density at radius 3 is 2.35 bits per heavy atom. The molecule has 0 unspecified atom stereocenters. The van der Waals surface area contributed by atoms with Crippen molar-refractivity contribution in [1.29, 1.82) is 5.26 Å². The summed E-state index contributed by atoms with van der Waals surface area (Å²) < 4.78 is 7.24. The third-order valence-electron chi connectivity index (χ3n) is 2.90. The van der Waals surface area contributed by atoms with Gasteiger partial charge in [0.05, 0.1) is 19.9 Å². The molecule has 2 aromatic carbocycles. The van der Waals surface area contributed by atoms with Crippen molar-refractivity contribution in [3.05, 3.63) is 72.7 Å².